The molecule has 0 saturated carbocycles. The second kappa shape index (κ2) is 22.1. The van der Waals surface area contributed by atoms with Gasteiger partial charge in [-0.05, 0) is 37.9 Å². The van der Waals surface area contributed by atoms with Gasteiger partial charge in [-0.25, -0.2) is 9.36 Å². The zero-order chi connectivity index (χ0) is 38.3. The second-order valence-electron chi connectivity index (χ2n) is 12.7. The van der Waals surface area contributed by atoms with E-state index in [4.69, 9.17) is 35.7 Å². The summed E-state index contributed by atoms with van der Waals surface area (Å²) in [5.74, 6) is -0.935. The minimum absolute atomic E-state index is 0.0413. The summed E-state index contributed by atoms with van der Waals surface area (Å²) in [5, 5.41) is 39.2. The van der Waals surface area contributed by atoms with Crippen molar-refractivity contribution in [2.75, 3.05) is 47.1 Å². The summed E-state index contributed by atoms with van der Waals surface area (Å²) in [4.78, 5) is 48.1. The van der Waals surface area contributed by atoms with E-state index >= 15 is 0 Å². The summed E-state index contributed by atoms with van der Waals surface area (Å²) < 4.78 is 46.4. The van der Waals surface area contributed by atoms with Gasteiger partial charge in [0.1, 0.15) is 42.8 Å². The van der Waals surface area contributed by atoms with Gasteiger partial charge < -0.3 is 55.1 Å². The number of aliphatic hydroxyl groups is 3. The predicted molar refractivity (Wildman–Crippen MR) is 189 cm³/mol. The number of ether oxygens (including phenoxy) is 4. The number of phosphoric ester groups is 1. The zero-order valence-corrected chi connectivity index (χ0v) is 31.4. The monoisotopic (exact) mass is 783 g/mol. The maximum atomic E-state index is 12.6. The molecule has 3 rings (SSSR count). The van der Waals surface area contributed by atoms with Crippen LogP contribution < -0.4 is 27.2 Å². The van der Waals surface area contributed by atoms with E-state index in [-0.39, 0.29) is 13.2 Å². The Labute approximate surface area is 307 Å². The van der Waals surface area contributed by atoms with Crippen molar-refractivity contribution in [1.82, 2.24) is 25.5 Å². The van der Waals surface area contributed by atoms with Gasteiger partial charge in [-0.15, -0.1) is 0 Å². The first kappa shape index (κ1) is 44.1. The molecule has 0 spiro atoms. The molecule has 0 bridgehead atoms. The van der Waals surface area contributed by atoms with Gasteiger partial charge in [0.2, 0.25) is 5.91 Å². The number of amides is 1. The Hall–Kier alpha value is -2.33. The normalized spacial score (nSPS) is 28.6. The van der Waals surface area contributed by atoms with Crippen LogP contribution in [0.2, 0.25) is 0 Å². The maximum absolute atomic E-state index is 12.6. The van der Waals surface area contributed by atoms with Crippen LogP contribution in [-0.2, 0) is 37.4 Å². The van der Waals surface area contributed by atoms with Crippen molar-refractivity contribution in [3.8, 4) is 0 Å². The van der Waals surface area contributed by atoms with Crippen LogP contribution in [0, 0.1) is 5.92 Å². The SMILES string of the molecule is COC[C@H]1O[C@@H](n2ccc(=O)[nH]c2=O)C(CCCCCCCNC(=S)NCCCCO[C@@H]2O[C@H](CO)[C@H](O)[C@H](O)[C@H]2NC(C)=O)[C@H]1OP(=O)(O)OC. The molecule has 0 aromatic carbocycles. The van der Waals surface area contributed by atoms with Gasteiger partial charge in [0.15, 0.2) is 11.4 Å². The van der Waals surface area contributed by atoms with Crippen LogP contribution in [0.5, 0.6) is 0 Å². The van der Waals surface area contributed by atoms with E-state index in [2.05, 4.69) is 25.5 Å². The number of hydrogen-bond acceptors (Lipinski definition) is 14. The van der Waals surface area contributed by atoms with Crippen molar-refractivity contribution in [3.63, 3.8) is 0 Å². The van der Waals surface area contributed by atoms with Crippen molar-refractivity contribution in [3.05, 3.63) is 33.1 Å². The lowest BCUT2D eigenvalue weighted by atomic mass is 9.93. The molecule has 2 unspecified atom stereocenters. The van der Waals surface area contributed by atoms with Gasteiger partial charge in [-0.1, -0.05) is 25.7 Å². The van der Waals surface area contributed by atoms with Crippen LogP contribution in [0.25, 0.3) is 0 Å². The molecule has 8 N–H and O–H groups in total. The molecule has 2 fully saturated rings. The zero-order valence-electron chi connectivity index (χ0n) is 29.7. The number of thiocarbonyl (C=S) groups is 1. The molecule has 52 heavy (non-hydrogen) atoms. The maximum Gasteiger partial charge on any atom is 0.472 e. The first-order chi connectivity index (χ1) is 24.8. The number of methoxy groups -OCH3 is 1. The fourth-order valence-electron chi connectivity index (χ4n) is 6.18. The van der Waals surface area contributed by atoms with E-state index < -0.39 is 86.6 Å². The fraction of sp³-hybridized carbons (Fsp3) is 0.806. The van der Waals surface area contributed by atoms with Crippen molar-refractivity contribution >= 4 is 31.1 Å². The van der Waals surface area contributed by atoms with Gasteiger partial charge in [-0.2, -0.15) is 0 Å². The molecule has 2 aliphatic rings. The number of carbonyl (C=O) groups excluding carboxylic acids is 1. The largest absolute Gasteiger partial charge is 0.472 e. The molecule has 2 aliphatic heterocycles. The summed E-state index contributed by atoms with van der Waals surface area (Å²) in [6.07, 6.45) is 0.0629. The molecule has 1 aromatic heterocycles. The number of nitrogens with zero attached hydrogens (tertiary/aromatic N) is 1. The van der Waals surface area contributed by atoms with Crippen molar-refractivity contribution in [1.29, 1.82) is 0 Å². The number of aromatic amines is 1. The highest BCUT2D eigenvalue weighted by atomic mass is 32.1. The highest BCUT2D eigenvalue weighted by Crippen LogP contribution is 2.50. The van der Waals surface area contributed by atoms with Gasteiger partial charge in [0, 0.05) is 59.0 Å². The lowest BCUT2D eigenvalue weighted by Gasteiger charge is -2.42. The topological polar surface area (TPSA) is 261 Å². The Balaban J connectivity index is 1.34. The standard InChI is InChI=1S/C31H54N5O14PS/c1-19(38)34-24-26(41)25(40)21(17-37)49-29(24)47-16-10-9-14-33-30(52)32-13-8-6-4-5-7-11-20-27(50-51(43,44)46-3)22(18-45-2)48-28(20)36-15-12-23(39)35-31(36)42/h12,15,20-22,24-29,37,40-41H,4-11,13-14,16-18H2,1-3H3,(H,34,38)(H,43,44)(H2,32,33,52)(H,35,39,42)/t20?,21-,22-,24-,25+,26-,27-,28-,29-/m1/s1. The molecule has 3 heterocycles. The quantitative estimate of drug-likeness (QED) is 0.0414. The summed E-state index contributed by atoms with van der Waals surface area (Å²) in [6, 6.07) is 0.222. The third-order valence-corrected chi connectivity index (χ3v) is 10.1. The number of aliphatic hydroxyl groups excluding tert-OH is 3. The third-order valence-electron chi connectivity index (χ3n) is 8.80. The van der Waals surface area contributed by atoms with E-state index in [9.17, 15) is 39.2 Å². The number of H-pyrrole nitrogens is 1. The van der Waals surface area contributed by atoms with Crippen LogP contribution >= 0.6 is 20.0 Å². The van der Waals surface area contributed by atoms with E-state index in [1.807, 2.05) is 0 Å². The Kier molecular flexibility index (Phi) is 18.8. The minimum atomic E-state index is -4.40. The molecule has 0 radical (unpaired) electrons. The smallest absolute Gasteiger partial charge is 0.394 e. The average molecular weight is 784 g/mol. The molecule has 10 atom stereocenters. The van der Waals surface area contributed by atoms with E-state index in [1.165, 1.54) is 30.9 Å². The molecule has 298 valence electrons. The lowest BCUT2D eigenvalue weighted by molar-refractivity contribution is -0.270. The fourth-order valence-corrected chi connectivity index (χ4v) is 7.07. The Morgan fingerprint density at radius 3 is 2.33 bits per heavy atom. The number of aromatic nitrogens is 2. The number of phosphoric acid groups is 1. The number of rotatable bonds is 22. The summed E-state index contributed by atoms with van der Waals surface area (Å²) in [7, 11) is -1.88. The Bertz CT molecular complexity index is 1420. The molecule has 21 heteroatoms. The average Bonchev–Trinajstić information content (AvgIpc) is 3.41. The van der Waals surface area contributed by atoms with E-state index in [1.54, 1.807) is 0 Å². The molecule has 2 saturated heterocycles. The van der Waals surface area contributed by atoms with E-state index in [0.29, 0.717) is 43.9 Å². The molecule has 0 aliphatic carbocycles. The van der Waals surface area contributed by atoms with Crippen molar-refractivity contribution < 1.29 is 57.6 Å². The molecular formula is C31H54N5O14PS. The molecule has 1 aromatic rings. The third kappa shape index (κ3) is 13.5. The van der Waals surface area contributed by atoms with Crippen LogP contribution in [0.1, 0.15) is 64.5 Å². The molecule has 1 amide bonds. The van der Waals surface area contributed by atoms with E-state index in [0.717, 1.165) is 32.8 Å². The van der Waals surface area contributed by atoms with Crippen LogP contribution in [0.15, 0.2) is 21.9 Å². The number of hydrogen-bond donors (Lipinski definition) is 8. The number of nitrogens with one attached hydrogen (secondary N) is 4. The predicted octanol–water partition coefficient (Wildman–Crippen LogP) is -0.626. The Morgan fingerprint density at radius 2 is 1.69 bits per heavy atom. The second-order valence-corrected chi connectivity index (χ2v) is 14.6. The molecular weight excluding hydrogens is 729 g/mol. The van der Waals surface area contributed by atoms with Gasteiger partial charge in [0.05, 0.1) is 13.2 Å². The first-order valence-electron chi connectivity index (χ1n) is 17.4. The minimum Gasteiger partial charge on any atom is -0.394 e. The summed E-state index contributed by atoms with van der Waals surface area (Å²) in [6.45, 7) is 2.31. The van der Waals surface area contributed by atoms with Gasteiger partial charge in [-0.3, -0.25) is 28.2 Å². The first-order valence-corrected chi connectivity index (χ1v) is 19.3. The molecule has 19 nitrogen and oxygen atoms in total. The van der Waals surface area contributed by atoms with Crippen LogP contribution in [-0.4, -0.2) is 131 Å². The van der Waals surface area contributed by atoms with Crippen molar-refractivity contribution in [2.45, 2.75) is 107 Å². The highest BCUT2D eigenvalue weighted by molar-refractivity contribution is 7.80. The lowest BCUT2D eigenvalue weighted by Crippen LogP contribution is -2.64. The number of carbonyl (C=O) groups is 1. The van der Waals surface area contributed by atoms with Gasteiger partial charge >= 0.3 is 13.5 Å². The Morgan fingerprint density at radius 1 is 1.02 bits per heavy atom. The number of unbranched alkanes of at least 4 members (excludes halogenated alkanes) is 5. The van der Waals surface area contributed by atoms with Crippen molar-refractivity contribution in [2.24, 2.45) is 5.92 Å². The highest BCUT2D eigenvalue weighted by Gasteiger charge is 2.49. The van der Waals surface area contributed by atoms with Crippen LogP contribution in [0.3, 0.4) is 0 Å². The van der Waals surface area contributed by atoms with Crippen LogP contribution in [0.4, 0.5) is 0 Å². The summed E-state index contributed by atoms with van der Waals surface area (Å²) >= 11 is 5.36. The van der Waals surface area contributed by atoms with Gasteiger partial charge in [0.25, 0.3) is 5.56 Å². The summed E-state index contributed by atoms with van der Waals surface area (Å²) in [5.41, 5.74) is -1.23.